The average molecular weight is 214 g/mol. The number of aromatic nitrogens is 1. The molecule has 14 heavy (non-hydrogen) atoms. The van der Waals surface area contributed by atoms with Crippen molar-refractivity contribution in [3.05, 3.63) is 10.6 Å². The van der Waals surface area contributed by atoms with Gasteiger partial charge in [-0.2, -0.15) is 0 Å². The monoisotopic (exact) mass is 214 g/mol. The number of carbonyl (C=O) groups is 2. The van der Waals surface area contributed by atoms with Crippen LogP contribution in [0.15, 0.2) is 0 Å². The van der Waals surface area contributed by atoms with Crippen LogP contribution in [0.25, 0.3) is 0 Å². The van der Waals surface area contributed by atoms with E-state index < -0.39 is 5.97 Å². The summed E-state index contributed by atoms with van der Waals surface area (Å²) in [6, 6.07) is 0. The lowest BCUT2D eigenvalue weighted by Crippen LogP contribution is -2.07. The van der Waals surface area contributed by atoms with Crippen molar-refractivity contribution in [1.82, 2.24) is 4.98 Å². The van der Waals surface area contributed by atoms with Gasteiger partial charge < -0.3 is 10.1 Å². The Labute approximate surface area is 85.1 Å². The predicted octanol–water partition coefficient (Wildman–Crippen LogP) is 1.17. The molecule has 1 aromatic heterocycles. The van der Waals surface area contributed by atoms with Gasteiger partial charge in [-0.3, -0.25) is 4.79 Å². The number of nitrogens with one attached hydrogen (secondary N) is 1. The molecule has 0 aliphatic rings. The lowest BCUT2D eigenvalue weighted by molar-refractivity contribution is 0.0591. The highest BCUT2D eigenvalue weighted by Gasteiger charge is 2.21. The first-order valence-electron chi connectivity index (χ1n) is 3.88. The van der Waals surface area contributed by atoms with E-state index in [0.29, 0.717) is 10.0 Å². The minimum Gasteiger partial charge on any atom is -0.464 e. The number of anilines is 1. The van der Waals surface area contributed by atoms with Crippen LogP contribution in [0.5, 0.6) is 0 Å². The third kappa shape index (κ3) is 1.90. The molecule has 0 saturated carbocycles. The van der Waals surface area contributed by atoms with E-state index in [0.717, 1.165) is 11.3 Å². The first-order valence-corrected chi connectivity index (χ1v) is 4.69. The number of ketones is 1. The molecule has 0 bridgehead atoms. The second kappa shape index (κ2) is 4.19. The number of ether oxygens (including phenoxy) is 1. The van der Waals surface area contributed by atoms with Crippen molar-refractivity contribution in [2.75, 3.05) is 19.5 Å². The second-order valence-electron chi connectivity index (χ2n) is 2.49. The topological polar surface area (TPSA) is 68.3 Å². The Hall–Kier alpha value is -1.43. The maximum atomic E-state index is 11.2. The summed E-state index contributed by atoms with van der Waals surface area (Å²) in [6.07, 6.45) is 0. The zero-order valence-electron chi connectivity index (χ0n) is 8.08. The van der Waals surface area contributed by atoms with E-state index >= 15 is 0 Å². The van der Waals surface area contributed by atoms with Crippen LogP contribution in [0.3, 0.4) is 0 Å². The van der Waals surface area contributed by atoms with Crippen molar-refractivity contribution >= 4 is 28.2 Å². The van der Waals surface area contributed by atoms with Gasteiger partial charge in [0.15, 0.2) is 16.6 Å². The number of thiazole rings is 1. The number of hydrogen-bond acceptors (Lipinski definition) is 6. The maximum Gasteiger partial charge on any atom is 0.358 e. The quantitative estimate of drug-likeness (QED) is 0.604. The Morgan fingerprint density at radius 2 is 2.14 bits per heavy atom. The molecule has 1 rings (SSSR count). The largest absolute Gasteiger partial charge is 0.464 e. The molecule has 5 nitrogen and oxygen atoms in total. The number of nitrogens with zero attached hydrogens (tertiary/aromatic N) is 1. The standard InChI is InChI=1S/C8H10N2O3S/c1-4(11)6-5(7(12)13-3)10-8(9-2)14-6/h1-3H3,(H,9,10). The van der Waals surface area contributed by atoms with Crippen LogP contribution in [0.2, 0.25) is 0 Å². The lowest BCUT2D eigenvalue weighted by Gasteiger charge is -1.95. The summed E-state index contributed by atoms with van der Waals surface area (Å²) in [5.41, 5.74) is 0.0781. The van der Waals surface area contributed by atoms with Gasteiger partial charge in [0.25, 0.3) is 0 Å². The lowest BCUT2D eigenvalue weighted by atomic mass is 10.3. The molecule has 6 heteroatoms. The summed E-state index contributed by atoms with van der Waals surface area (Å²) in [4.78, 5) is 26.6. The smallest absolute Gasteiger partial charge is 0.358 e. The minimum absolute atomic E-state index is 0.0781. The number of carbonyl (C=O) groups excluding carboxylic acids is 2. The molecule has 0 spiro atoms. The fraction of sp³-hybridized carbons (Fsp3) is 0.375. The number of rotatable bonds is 3. The summed E-state index contributed by atoms with van der Waals surface area (Å²) < 4.78 is 4.51. The Morgan fingerprint density at radius 1 is 1.50 bits per heavy atom. The van der Waals surface area contributed by atoms with Crippen molar-refractivity contribution < 1.29 is 14.3 Å². The van der Waals surface area contributed by atoms with Gasteiger partial charge >= 0.3 is 5.97 Å². The van der Waals surface area contributed by atoms with Crippen molar-refractivity contribution in [2.45, 2.75) is 6.92 Å². The van der Waals surface area contributed by atoms with E-state index in [2.05, 4.69) is 15.0 Å². The van der Waals surface area contributed by atoms with Crippen molar-refractivity contribution in [3.63, 3.8) is 0 Å². The Bertz CT molecular complexity index is 373. The van der Waals surface area contributed by atoms with Gasteiger partial charge in [-0.25, -0.2) is 9.78 Å². The van der Waals surface area contributed by atoms with Gasteiger partial charge in [0.1, 0.15) is 4.88 Å². The highest BCUT2D eigenvalue weighted by molar-refractivity contribution is 7.17. The average Bonchev–Trinajstić information content (AvgIpc) is 2.60. The SMILES string of the molecule is CNc1nc(C(=O)OC)c(C(C)=O)s1. The van der Waals surface area contributed by atoms with E-state index in [1.54, 1.807) is 7.05 Å². The van der Waals surface area contributed by atoms with Crippen LogP contribution in [0.4, 0.5) is 5.13 Å². The number of hydrogen-bond donors (Lipinski definition) is 1. The summed E-state index contributed by atoms with van der Waals surface area (Å²) in [6.45, 7) is 1.39. The molecule has 0 aromatic carbocycles. The van der Waals surface area contributed by atoms with Crippen LogP contribution in [-0.2, 0) is 4.74 Å². The van der Waals surface area contributed by atoms with Gasteiger partial charge in [-0.15, -0.1) is 0 Å². The van der Waals surface area contributed by atoms with Crippen molar-refractivity contribution in [3.8, 4) is 0 Å². The highest BCUT2D eigenvalue weighted by Crippen LogP contribution is 2.23. The second-order valence-corrected chi connectivity index (χ2v) is 3.49. The van der Waals surface area contributed by atoms with Gasteiger partial charge in [-0.05, 0) is 0 Å². The zero-order valence-corrected chi connectivity index (χ0v) is 8.90. The molecular formula is C8H10N2O3S. The highest BCUT2D eigenvalue weighted by atomic mass is 32.1. The minimum atomic E-state index is -0.590. The molecule has 0 aliphatic heterocycles. The molecule has 1 heterocycles. The van der Waals surface area contributed by atoms with Gasteiger partial charge in [-0.1, -0.05) is 11.3 Å². The van der Waals surface area contributed by atoms with E-state index in [4.69, 9.17) is 0 Å². The third-order valence-corrected chi connectivity index (χ3v) is 2.71. The molecular weight excluding hydrogens is 204 g/mol. The predicted molar refractivity (Wildman–Crippen MR) is 53.0 cm³/mol. The Morgan fingerprint density at radius 3 is 2.57 bits per heavy atom. The summed E-state index contributed by atoms with van der Waals surface area (Å²) in [7, 11) is 2.93. The van der Waals surface area contributed by atoms with E-state index in [1.165, 1.54) is 14.0 Å². The fourth-order valence-electron chi connectivity index (χ4n) is 0.901. The summed E-state index contributed by atoms with van der Waals surface area (Å²) in [5.74, 6) is -0.780. The van der Waals surface area contributed by atoms with Crippen molar-refractivity contribution in [2.24, 2.45) is 0 Å². The zero-order chi connectivity index (χ0) is 10.7. The normalized spacial score (nSPS) is 9.64. The van der Waals surface area contributed by atoms with E-state index in [1.807, 2.05) is 0 Å². The molecule has 76 valence electrons. The van der Waals surface area contributed by atoms with Crippen LogP contribution in [-0.4, -0.2) is 30.9 Å². The maximum absolute atomic E-state index is 11.2. The number of methoxy groups -OCH3 is 1. The van der Waals surface area contributed by atoms with Crippen LogP contribution >= 0.6 is 11.3 Å². The summed E-state index contributed by atoms with van der Waals surface area (Å²) in [5, 5.41) is 3.29. The van der Waals surface area contributed by atoms with Crippen LogP contribution < -0.4 is 5.32 Å². The molecule has 0 aliphatic carbocycles. The Balaban J connectivity index is 3.18. The first-order chi connectivity index (χ1) is 6.60. The van der Waals surface area contributed by atoms with Crippen LogP contribution in [0, 0.1) is 0 Å². The fourth-order valence-corrected chi connectivity index (χ4v) is 1.70. The Kier molecular flexibility index (Phi) is 3.19. The van der Waals surface area contributed by atoms with Crippen molar-refractivity contribution in [1.29, 1.82) is 0 Å². The van der Waals surface area contributed by atoms with E-state index in [9.17, 15) is 9.59 Å². The molecule has 0 radical (unpaired) electrons. The molecule has 0 saturated heterocycles. The summed E-state index contributed by atoms with van der Waals surface area (Å²) >= 11 is 1.14. The molecule has 0 atom stereocenters. The van der Waals surface area contributed by atoms with Crippen LogP contribution in [0.1, 0.15) is 27.1 Å². The molecule has 1 N–H and O–H groups in total. The molecule has 0 amide bonds. The number of esters is 1. The van der Waals surface area contributed by atoms with Gasteiger partial charge in [0.05, 0.1) is 7.11 Å². The molecule has 0 unspecified atom stereocenters. The van der Waals surface area contributed by atoms with Gasteiger partial charge in [0, 0.05) is 14.0 Å². The first kappa shape index (κ1) is 10.6. The van der Waals surface area contributed by atoms with E-state index in [-0.39, 0.29) is 11.5 Å². The number of Topliss-reactive ketones (excluding diaryl/α,β-unsaturated/α-hetero) is 1. The third-order valence-electron chi connectivity index (χ3n) is 1.54. The molecule has 1 aromatic rings. The molecule has 0 fully saturated rings. The van der Waals surface area contributed by atoms with Gasteiger partial charge in [0.2, 0.25) is 0 Å².